The van der Waals surface area contributed by atoms with Crippen LogP contribution in [0.4, 0.5) is 0 Å². The number of pyridine rings is 1. The summed E-state index contributed by atoms with van der Waals surface area (Å²) in [5.74, 6) is 0.857. The molecule has 1 aromatic carbocycles. The molecule has 5 heteroatoms. The van der Waals surface area contributed by atoms with Gasteiger partial charge in [0.15, 0.2) is 8.32 Å². The number of hydrogen-bond acceptors (Lipinski definition) is 3. The summed E-state index contributed by atoms with van der Waals surface area (Å²) >= 11 is 3.46. The number of benzene rings is 1. The first kappa shape index (κ1) is 21.1. The van der Waals surface area contributed by atoms with Gasteiger partial charge in [0.05, 0.1) is 6.10 Å². The summed E-state index contributed by atoms with van der Waals surface area (Å²) in [4.78, 5) is 4.25. The molecule has 26 heavy (non-hydrogen) atoms. The highest BCUT2D eigenvalue weighted by atomic mass is 79.9. The highest BCUT2D eigenvalue weighted by Crippen LogP contribution is 2.38. The van der Waals surface area contributed by atoms with Crippen LogP contribution in [0.15, 0.2) is 53.3 Å². The highest BCUT2D eigenvalue weighted by molar-refractivity contribution is 9.10. The SMILES string of the molecule is CC(Oc1ccc(Br)cc1)C(Cc1cccnc1)O[Si](C)(C)C(C)(C)C. The molecule has 0 radical (unpaired) electrons. The van der Waals surface area contributed by atoms with Crippen molar-refractivity contribution in [2.45, 2.75) is 64.5 Å². The Balaban J connectivity index is 2.19. The zero-order chi connectivity index (χ0) is 19.4. The molecule has 2 atom stereocenters. The summed E-state index contributed by atoms with van der Waals surface area (Å²) in [6.07, 6.45) is 4.41. The summed E-state index contributed by atoms with van der Waals surface area (Å²) in [7, 11) is -1.92. The highest BCUT2D eigenvalue weighted by Gasteiger charge is 2.40. The molecule has 2 aromatic rings. The maximum absolute atomic E-state index is 6.74. The summed E-state index contributed by atoms with van der Waals surface area (Å²) in [6.45, 7) is 13.5. The molecule has 0 fully saturated rings. The lowest BCUT2D eigenvalue weighted by molar-refractivity contribution is 0.0556. The molecule has 2 rings (SSSR count). The van der Waals surface area contributed by atoms with Gasteiger partial charge in [-0.05, 0) is 61.0 Å². The van der Waals surface area contributed by atoms with E-state index in [-0.39, 0.29) is 17.2 Å². The molecule has 0 aliphatic heterocycles. The Kier molecular flexibility index (Phi) is 7.05. The number of ether oxygens (including phenoxy) is 1. The second-order valence-electron chi connectivity index (χ2n) is 8.26. The lowest BCUT2D eigenvalue weighted by Crippen LogP contribution is -2.48. The minimum Gasteiger partial charge on any atom is -0.488 e. The van der Waals surface area contributed by atoms with Gasteiger partial charge in [-0.25, -0.2) is 0 Å². The van der Waals surface area contributed by atoms with Gasteiger partial charge in [-0.1, -0.05) is 42.8 Å². The Bertz CT molecular complexity index is 683. The Morgan fingerprint density at radius 3 is 2.31 bits per heavy atom. The Morgan fingerprint density at radius 1 is 1.12 bits per heavy atom. The van der Waals surface area contributed by atoms with Crippen LogP contribution in [-0.4, -0.2) is 25.5 Å². The normalized spacial score (nSPS) is 14.7. The van der Waals surface area contributed by atoms with Crippen LogP contribution in [0.5, 0.6) is 5.75 Å². The first-order valence-corrected chi connectivity index (χ1v) is 12.8. The average Bonchev–Trinajstić information content (AvgIpc) is 2.56. The van der Waals surface area contributed by atoms with Crippen LogP contribution in [0.1, 0.15) is 33.3 Å². The largest absolute Gasteiger partial charge is 0.488 e. The van der Waals surface area contributed by atoms with E-state index in [2.05, 4.69) is 67.8 Å². The zero-order valence-electron chi connectivity index (χ0n) is 16.6. The van der Waals surface area contributed by atoms with Crippen molar-refractivity contribution in [3.63, 3.8) is 0 Å². The second-order valence-corrected chi connectivity index (χ2v) is 13.9. The second kappa shape index (κ2) is 8.68. The topological polar surface area (TPSA) is 31.4 Å². The molecule has 0 amide bonds. The van der Waals surface area contributed by atoms with Crippen molar-refractivity contribution in [3.05, 3.63) is 58.8 Å². The van der Waals surface area contributed by atoms with E-state index < -0.39 is 8.32 Å². The molecule has 2 unspecified atom stereocenters. The molecule has 0 aliphatic rings. The van der Waals surface area contributed by atoms with Crippen LogP contribution >= 0.6 is 15.9 Å². The minimum atomic E-state index is -1.92. The van der Waals surface area contributed by atoms with Gasteiger partial charge in [0.1, 0.15) is 11.9 Å². The molecule has 0 bridgehead atoms. The van der Waals surface area contributed by atoms with Crippen LogP contribution in [0.25, 0.3) is 0 Å². The average molecular weight is 436 g/mol. The monoisotopic (exact) mass is 435 g/mol. The van der Waals surface area contributed by atoms with E-state index in [1.54, 1.807) is 6.20 Å². The molecule has 1 heterocycles. The molecular weight excluding hydrogens is 406 g/mol. The van der Waals surface area contributed by atoms with Gasteiger partial charge >= 0.3 is 0 Å². The molecule has 3 nitrogen and oxygen atoms in total. The maximum atomic E-state index is 6.74. The third-order valence-corrected chi connectivity index (χ3v) is 10.1. The van der Waals surface area contributed by atoms with E-state index >= 15 is 0 Å². The number of rotatable bonds is 7. The van der Waals surface area contributed by atoms with Crippen molar-refractivity contribution in [3.8, 4) is 5.75 Å². The van der Waals surface area contributed by atoms with Crippen molar-refractivity contribution < 1.29 is 9.16 Å². The summed E-state index contributed by atoms with van der Waals surface area (Å²) in [5.41, 5.74) is 1.17. The fourth-order valence-corrected chi connectivity index (χ4v) is 4.06. The smallest absolute Gasteiger partial charge is 0.192 e. The van der Waals surface area contributed by atoms with Crippen molar-refractivity contribution in [2.24, 2.45) is 0 Å². The Hall–Kier alpha value is -1.17. The van der Waals surface area contributed by atoms with Crippen molar-refractivity contribution in [1.29, 1.82) is 0 Å². The van der Waals surface area contributed by atoms with Gasteiger partial charge in [-0.15, -0.1) is 0 Å². The zero-order valence-corrected chi connectivity index (χ0v) is 19.2. The number of halogens is 1. The van der Waals surface area contributed by atoms with Crippen LogP contribution in [0.3, 0.4) is 0 Å². The van der Waals surface area contributed by atoms with Crippen molar-refractivity contribution in [2.75, 3.05) is 0 Å². The number of nitrogens with zero attached hydrogens (tertiary/aromatic N) is 1. The lowest BCUT2D eigenvalue weighted by atomic mass is 10.1. The third kappa shape index (κ3) is 5.93. The lowest BCUT2D eigenvalue weighted by Gasteiger charge is -2.41. The van der Waals surface area contributed by atoms with Crippen molar-refractivity contribution in [1.82, 2.24) is 4.98 Å². The fourth-order valence-electron chi connectivity index (χ4n) is 2.41. The van der Waals surface area contributed by atoms with Gasteiger partial charge in [-0.2, -0.15) is 0 Å². The van der Waals surface area contributed by atoms with Crippen LogP contribution < -0.4 is 4.74 Å². The van der Waals surface area contributed by atoms with E-state index in [0.29, 0.717) is 0 Å². The summed E-state index contributed by atoms with van der Waals surface area (Å²) < 4.78 is 14.0. The molecule has 0 saturated heterocycles. The molecule has 0 saturated carbocycles. The van der Waals surface area contributed by atoms with Crippen LogP contribution in [0, 0.1) is 0 Å². The predicted molar refractivity (Wildman–Crippen MR) is 114 cm³/mol. The van der Waals surface area contributed by atoms with E-state index in [1.165, 1.54) is 5.56 Å². The summed E-state index contributed by atoms with van der Waals surface area (Å²) in [5, 5.41) is 0.150. The first-order valence-electron chi connectivity index (χ1n) is 9.07. The molecule has 0 spiro atoms. The maximum Gasteiger partial charge on any atom is 0.192 e. The van der Waals surface area contributed by atoms with Gasteiger partial charge in [0.2, 0.25) is 0 Å². The fraction of sp³-hybridized carbons (Fsp3) is 0.476. The van der Waals surface area contributed by atoms with Crippen molar-refractivity contribution >= 4 is 24.2 Å². The molecule has 0 N–H and O–H groups in total. The molecule has 1 aromatic heterocycles. The minimum absolute atomic E-state index is 0.0243. The van der Waals surface area contributed by atoms with E-state index in [9.17, 15) is 0 Å². The van der Waals surface area contributed by atoms with Gasteiger partial charge in [0, 0.05) is 23.3 Å². The van der Waals surface area contributed by atoms with E-state index in [1.807, 2.05) is 36.5 Å². The van der Waals surface area contributed by atoms with Gasteiger partial charge < -0.3 is 9.16 Å². The standard InChI is InChI=1S/C21H30BrNO2Si/c1-16(24-19-11-9-18(22)10-12-19)20(14-17-8-7-13-23-15-17)25-26(5,6)21(2,3)4/h7-13,15-16,20H,14H2,1-6H3. The molecule has 0 aliphatic carbocycles. The van der Waals surface area contributed by atoms with Gasteiger partial charge in [0.25, 0.3) is 0 Å². The first-order chi connectivity index (χ1) is 12.1. The quantitative estimate of drug-likeness (QED) is 0.481. The Labute approximate surface area is 167 Å². The molecular formula is C21H30BrNO2Si. The molecule has 142 valence electrons. The van der Waals surface area contributed by atoms with Gasteiger partial charge in [-0.3, -0.25) is 4.98 Å². The third-order valence-electron chi connectivity index (χ3n) is 5.07. The van der Waals surface area contributed by atoms with E-state index in [0.717, 1.165) is 16.6 Å². The van der Waals surface area contributed by atoms with Crippen LogP contribution in [0.2, 0.25) is 18.1 Å². The van der Waals surface area contributed by atoms with E-state index in [4.69, 9.17) is 9.16 Å². The Morgan fingerprint density at radius 2 is 1.77 bits per heavy atom. The predicted octanol–water partition coefficient (Wildman–Crippen LogP) is 6.24. The van der Waals surface area contributed by atoms with Crippen LogP contribution in [-0.2, 0) is 10.8 Å². The number of aromatic nitrogens is 1. The number of hydrogen-bond donors (Lipinski definition) is 0. The summed E-state index contributed by atoms with van der Waals surface area (Å²) in [6, 6.07) is 12.0.